The molecule has 0 aliphatic rings. The summed E-state index contributed by atoms with van der Waals surface area (Å²) in [5, 5.41) is 3.30. The van der Waals surface area contributed by atoms with Crippen molar-refractivity contribution in [3.05, 3.63) is 64.1 Å². The van der Waals surface area contributed by atoms with Gasteiger partial charge >= 0.3 is 5.97 Å². The fourth-order valence-electron chi connectivity index (χ4n) is 1.76. The molecule has 0 fully saturated rings. The van der Waals surface area contributed by atoms with Crippen LogP contribution in [0.15, 0.2) is 53.4 Å². The summed E-state index contributed by atoms with van der Waals surface area (Å²) in [6.07, 6.45) is 0. The van der Waals surface area contributed by atoms with Gasteiger partial charge in [-0.15, -0.1) is 11.8 Å². The second-order valence-corrected chi connectivity index (χ2v) is 6.70. The normalized spacial score (nSPS) is 10.2. The average molecular weight is 384 g/mol. The zero-order valence-corrected chi connectivity index (χ0v) is 15.0. The Hall–Kier alpha value is -1.69. The quantitative estimate of drug-likeness (QED) is 0.444. The van der Waals surface area contributed by atoms with Gasteiger partial charge in [-0.2, -0.15) is 0 Å². The van der Waals surface area contributed by atoms with Gasteiger partial charge in [-0.1, -0.05) is 41.4 Å². The Morgan fingerprint density at radius 1 is 1.04 bits per heavy atom. The molecule has 4 nitrogen and oxygen atoms in total. The topological polar surface area (TPSA) is 55.4 Å². The molecule has 0 radical (unpaired) electrons. The lowest BCUT2D eigenvalue weighted by molar-refractivity contribution is -0.124. The number of ether oxygens (including phenoxy) is 1. The molecule has 1 amide bonds. The molecule has 126 valence electrons. The van der Waals surface area contributed by atoms with Gasteiger partial charge in [0.05, 0.1) is 15.6 Å². The Labute approximate surface area is 154 Å². The first kappa shape index (κ1) is 18.6. The predicted octanol–water partition coefficient (Wildman–Crippen LogP) is 4.06. The van der Waals surface area contributed by atoms with E-state index in [1.54, 1.807) is 11.8 Å². The molecule has 0 bridgehead atoms. The van der Waals surface area contributed by atoms with Gasteiger partial charge < -0.3 is 10.1 Å². The molecule has 2 aromatic rings. The molecular weight excluding hydrogens is 369 g/mol. The van der Waals surface area contributed by atoms with E-state index in [0.29, 0.717) is 11.6 Å². The highest BCUT2D eigenvalue weighted by molar-refractivity contribution is 7.99. The van der Waals surface area contributed by atoms with Crippen molar-refractivity contribution in [2.24, 2.45) is 0 Å². The van der Waals surface area contributed by atoms with Crippen molar-refractivity contribution in [3.63, 3.8) is 0 Å². The Morgan fingerprint density at radius 3 is 2.50 bits per heavy atom. The highest BCUT2D eigenvalue weighted by atomic mass is 35.5. The first-order valence-corrected chi connectivity index (χ1v) is 8.87. The number of thioether (sulfide) groups is 1. The summed E-state index contributed by atoms with van der Waals surface area (Å²) in [4.78, 5) is 24.6. The molecule has 2 rings (SSSR count). The van der Waals surface area contributed by atoms with E-state index in [1.807, 2.05) is 30.3 Å². The van der Waals surface area contributed by atoms with Gasteiger partial charge in [-0.25, -0.2) is 4.79 Å². The Kier molecular flexibility index (Phi) is 7.43. The van der Waals surface area contributed by atoms with E-state index in [4.69, 9.17) is 27.9 Å². The lowest BCUT2D eigenvalue weighted by Crippen LogP contribution is -2.30. The van der Waals surface area contributed by atoms with Crippen molar-refractivity contribution in [2.75, 3.05) is 18.9 Å². The van der Waals surface area contributed by atoms with Gasteiger partial charge in [0, 0.05) is 17.2 Å². The zero-order valence-electron chi connectivity index (χ0n) is 12.6. The first-order valence-electron chi connectivity index (χ1n) is 7.13. The molecule has 7 heteroatoms. The number of amides is 1. The fourth-order valence-corrected chi connectivity index (χ4v) is 2.85. The maximum absolute atomic E-state index is 11.8. The zero-order chi connectivity index (χ0) is 17.4. The van der Waals surface area contributed by atoms with Crippen LogP contribution >= 0.6 is 35.0 Å². The van der Waals surface area contributed by atoms with Crippen LogP contribution in [0.4, 0.5) is 0 Å². The third-order valence-electron chi connectivity index (χ3n) is 2.93. The van der Waals surface area contributed by atoms with Gasteiger partial charge in [-0.05, 0) is 30.3 Å². The summed E-state index contributed by atoms with van der Waals surface area (Å²) >= 11 is 13.2. The van der Waals surface area contributed by atoms with Crippen LogP contribution in [0.5, 0.6) is 0 Å². The van der Waals surface area contributed by atoms with Gasteiger partial charge in [0.15, 0.2) is 6.61 Å². The van der Waals surface area contributed by atoms with Crippen LogP contribution in [0.3, 0.4) is 0 Å². The maximum Gasteiger partial charge on any atom is 0.338 e. The fraction of sp³-hybridized carbons (Fsp3) is 0.176. The molecule has 0 saturated carbocycles. The SMILES string of the molecule is O=C(COC(=O)c1ccc(Cl)c(Cl)c1)NCCSc1ccccc1. The molecule has 0 heterocycles. The number of esters is 1. The summed E-state index contributed by atoms with van der Waals surface area (Å²) in [7, 11) is 0. The number of hydrogen-bond donors (Lipinski definition) is 1. The van der Waals surface area contributed by atoms with Crippen molar-refractivity contribution < 1.29 is 14.3 Å². The van der Waals surface area contributed by atoms with Crippen molar-refractivity contribution in [2.45, 2.75) is 4.90 Å². The number of carbonyl (C=O) groups excluding carboxylic acids is 2. The first-order chi connectivity index (χ1) is 11.6. The van der Waals surface area contributed by atoms with E-state index in [-0.39, 0.29) is 23.1 Å². The number of hydrogen-bond acceptors (Lipinski definition) is 4. The Bertz CT molecular complexity index is 710. The Morgan fingerprint density at radius 2 is 1.79 bits per heavy atom. The van der Waals surface area contributed by atoms with Crippen LogP contribution in [0.2, 0.25) is 10.0 Å². The van der Waals surface area contributed by atoms with E-state index in [2.05, 4.69) is 5.32 Å². The Balaban J connectivity index is 1.67. The molecule has 0 saturated heterocycles. The smallest absolute Gasteiger partial charge is 0.338 e. The average Bonchev–Trinajstić information content (AvgIpc) is 2.60. The molecule has 0 unspecified atom stereocenters. The lowest BCUT2D eigenvalue weighted by atomic mass is 10.2. The summed E-state index contributed by atoms with van der Waals surface area (Å²) in [6.45, 7) is 0.151. The van der Waals surface area contributed by atoms with Crippen LogP contribution in [0, 0.1) is 0 Å². The molecule has 0 spiro atoms. The third kappa shape index (κ3) is 6.07. The van der Waals surface area contributed by atoms with Crippen molar-refractivity contribution in [1.29, 1.82) is 0 Å². The molecule has 24 heavy (non-hydrogen) atoms. The molecular formula is C17H15Cl2NO3S. The minimum Gasteiger partial charge on any atom is -0.452 e. The molecule has 0 aromatic heterocycles. The monoisotopic (exact) mass is 383 g/mol. The van der Waals surface area contributed by atoms with Crippen molar-refractivity contribution in [3.8, 4) is 0 Å². The molecule has 0 atom stereocenters. The minimum atomic E-state index is -0.623. The second kappa shape index (κ2) is 9.57. The van der Waals surface area contributed by atoms with Crippen molar-refractivity contribution >= 4 is 46.8 Å². The highest BCUT2D eigenvalue weighted by Crippen LogP contribution is 2.22. The number of rotatable bonds is 7. The van der Waals surface area contributed by atoms with E-state index in [9.17, 15) is 9.59 Å². The number of nitrogens with one attached hydrogen (secondary N) is 1. The summed E-state index contributed by atoms with van der Waals surface area (Å²) in [5.41, 5.74) is 0.247. The molecule has 0 aliphatic carbocycles. The molecule has 0 aliphatic heterocycles. The largest absolute Gasteiger partial charge is 0.452 e. The van der Waals surface area contributed by atoms with Crippen LogP contribution in [0.1, 0.15) is 10.4 Å². The predicted molar refractivity (Wildman–Crippen MR) is 96.9 cm³/mol. The maximum atomic E-state index is 11.8. The van der Waals surface area contributed by atoms with Crippen molar-refractivity contribution in [1.82, 2.24) is 5.32 Å². The van der Waals surface area contributed by atoms with E-state index >= 15 is 0 Å². The van der Waals surface area contributed by atoms with E-state index in [1.165, 1.54) is 18.2 Å². The number of benzene rings is 2. The van der Waals surface area contributed by atoms with Crippen LogP contribution < -0.4 is 5.32 Å². The number of carbonyl (C=O) groups is 2. The van der Waals surface area contributed by atoms with Crippen LogP contribution in [0.25, 0.3) is 0 Å². The summed E-state index contributed by atoms with van der Waals surface area (Å²) in [6, 6.07) is 14.3. The third-order valence-corrected chi connectivity index (χ3v) is 4.68. The second-order valence-electron chi connectivity index (χ2n) is 4.72. The standard InChI is InChI=1S/C17H15Cl2NO3S/c18-14-7-6-12(10-15(14)19)17(22)23-11-16(21)20-8-9-24-13-4-2-1-3-5-13/h1-7,10H,8-9,11H2,(H,20,21). The van der Waals surface area contributed by atoms with E-state index in [0.717, 1.165) is 10.6 Å². The van der Waals surface area contributed by atoms with Gasteiger partial charge in [0.25, 0.3) is 5.91 Å². The van der Waals surface area contributed by atoms with Gasteiger partial charge in [0.2, 0.25) is 0 Å². The number of halogens is 2. The lowest BCUT2D eigenvalue weighted by Gasteiger charge is -2.07. The van der Waals surface area contributed by atoms with Crippen LogP contribution in [-0.4, -0.2) is 30.8 Å². The minimum absolute atomic E-state index is 0.247. The summed E-state index contributed by atoms with van der Waals surface area (Å²) < 4.78 is 4.94. The highest BCUT2D eigenvalue weighted by Gasteiger charge is 2.11. The molecule has 2 aromatic carbocycles. The molecule has 1 N–H and O–H groups in total. The van der Waals surface area contributed by atoms with Gasteiger partial charge in [0.1, 0.15) is 0 Å². The van der Waals surface area contributed by atoms with E-state index < -0.39 is 5.97 Å². The van der Waals surface area contributed by atoms with Gasteiger partial charge in [-0.3, -0.25) is 4.79 Å². The van der Waals surface area contributed by atoms with Crippen LogP contribution in [-0.2, 0) is 9.53 Å². The summed E-state index contributed by atoms with van der Waals surface area (Å²) in [5.74, 6) is -0.240.